The summed E-state index contributed by atoms with van der Waals surface area (Å²) in [4.78, 5) is 0. The maximum Gasteiger partial charge on any atom is 0.216 e. The molecule has 0 aliphatic heterocycles. The lowest BCUT2D eigenvalue weighted by Crippen LogP contribution is -1.96. The first-order valence-corrected chi connectivity index (χ1v) is 7.81. The van der Waals surface area contributed by atoms with Crippen LogP contribution in [0.4, 0.5) is 0 Å². The van der Waals surface area contributed by atoms with E-state index in [0.29, 0.717) is 27.0 Å². The first-order valence-electron chi connectivity index (χ1n) is 6.65. The van der Waals surface area contributed by atoms with Crippen LogP contribution in [0, 0.1) is 4.77 Å². The molecule has 1 aromatic heterocycles. The molecule has 0 atom stereocenters. The monoisotopic (exact) mass is 380 g/mol. The number of halogens is 2. The fraction of sp³-hybridized carbons (Fsp3) is 0. The lowest BCUT2D eigenvalue weighted by Gasteiger charge is -2.04. The maximum atomic E-state index is 9.80. The van der Waals surface area contributed by atoms with Gasteiger partial charge in [0.25, 0.3) is 0 Å². The number of aromatic nitrogens is 3. The number of aromatic amines is 1. The highest BCUT2D eigenvalue weighted by Crippen LogP contribution is 2.29. The molecule has 24 heavy (non-hydrogen) atoms. The maximum absolute atomic E-state index is 9.80. The Morgan fingerprint density at radius 2 is 1.96 bits per heavy atom. The van der Waals surface area contributed by atoms with Crippen LogP contribution in [0.25, 0.3) is 11.4 Å². The quantitative estimate of drug-likeness (QED) is 0.469. The van der Waals surface area contributed by atoms with Gasteiger partial charge in [-0.25, -0.2) is 5.10 Å². The minimum absolute atomic E-state index is 0.0433. The van der Waals surface area contributed by atoms with Crippen molar-refractivity contribution in [2.75, 3.05) is 0 Å². The number of aromatic hydroxyl groups is 2. The fourth-order valence-electron chi connectivity index (χ4n) is 2.01. The molecule has 9 heteroatoms. The van der Waals surface area contributed by atoms with Crippen molar-refractivity contribution in [2.45, 2.75) is 0 Å². The number of H-pyrrole nitrogens is 1. The van der Waals surface area contributed by atoms with Crippen LogP contribution in [-0.4, -0.2) is 31.3 Å². The Hall–Kier alpha value is -2.35. The zero-order chi connectivity index (χ0) is 17.3. The predicted octanol–water partition coefficient (Wildman–Crippen LogP) is 4.21. The van der Waals surface area contributed by atoms with Crippen LogP contribution in [0.1, 0.15) is 5.56 Å². The topological polar surface area (TPSA) is 86.4 Å². The average Bonchev–Trinajstić information content (AvgIpc) is 2.87. The highest BCUT2D eigenvalue weighted by atomic mass is 35.5. The molecule has 0 radical (unpaired) electrons. The molecule has 122 valence electrons. The molecule has 1 heterocycles. The van der Waals surface area contributed by atoms with Gasteiger partial charge in [-0.05, 0) is 42.5 Å². The van der Waals surface area contributed by atoms with Gasteiger partial charge in [0.2, 0.25) is 4.77 Å². The second-order valence-electron chi connectivity index (χ2n) is 4.78. The van der Waals surface area contributed by atoms with Crippen LogP contribution in [-0.2, 0) is 0 Å². The molecule has 0 amide bonds. The summed E-state index contributed by atoms with van der Waals surface area (Å²) < 4.78 is 1.63. The average molecular weight is 381 g/mol. The molecule has 0 aliphatic rings. The Labute approximate surface area is 151 Å². The van der Waals surface area contributed by atoms with Gasteiger partial charge in [0, 0.05) is 22.2 Å². The van der Waals surface area contributed by atoms with Crippen LogP contribution < -0.4 is 0 Å². The van der Waals surface area contributed by atoms with Crippen molar-refractivity contribution in [3.05, 3.63) is 56.8 Å². The van der Waals surface area contributed by atoms with Crippen LogP contribution >= 0.6 is 35.4 Å². The summed E-state index contributed by atoms with van der Waals surface area (Å²) in [7, 11) is 0. The fourth-order valence-corrected chi connectivity index (χ4v) is 2.68. The second-order valence-corrected chi connectivity index (χ2v) is 6.01. The standard InChI is InChI=1S/C15H10Cl2N4O2S/c16-9-2-4-11(12(17)5-9)14-19-20-15(24)21(14)18-7-8-1-3-10(22)6-13(8)23/h1-7,22-23H,(H,20,24)/b18-7+. The minimum atomic E-state index is -0.111. The van der Waals surface area contributed by atoms with Crippen LogP contribution in [0.2, 0.25) is 10.0 Å². The van der Waals surface area contributed by atoms with E-state index in [1.54, 1.807) is 18.2 Å². The van der Waals surface area contributed by atoms with E-state index in [0.717, 1.165) is 0 Å². The number of phenolic OH excluding ortho intramolecular Hbond substituents is 2. The van der Waals surface area contributed by atoms with Gasteiger partial charge in [-0.3, -0.25) is 0 Å². The van der Waals surface area contributed by atoms with Gasteiger partial charge < -0.3 is 10.2 Å². The van der Waals surface area contributed by atoms with E-state index in [9.17, 15) is 10.2 Å². The first-order chi connectivity index (χ1) is 11.5. The third kappa shape index (κ3) is 3.28. The summed E-state index contributed by atoms with van der Waals surface area (Å²) in [6, 6.07) is 9.16. The third-order valence-corrected chi connectivity index (χ3v) is 3.96. The molecular formula is C15H10Cl2N4O2S. The molecule has 0 aliphatic carbocycles. The smallest absolute Gasteiger partial charge is 0.216 e. The molecule has 0 saturated carbocycles. The molecule has 3 N–H and O–H groups in total. The van der Waals surface area contributed by atoms with Crippen molar-refractivity contribution in [2.24, 2.45) is 5.10 Å². The molecule has 3 rings (SSSR count). The number of phenols is 2. The van der Waals surface area contributed by atoms with Gasteiger partial charge in [0.1, 0.15) is 11.5 Å². The van der Waals surface area contributed by atoms with Crippen LogP contribution in [0.5, 0.6) is 11.5 Å². The summed E-state index contributed by atoms with van der Waals surface area (Å²) in [5, 5.41) is 31.0. The first kappa shape index (κ1) is 16.5. The van der Waals surface area contributed by atoms with Crippen molar-refractivity contribution >= 4 is 41.6 Å². The van der Waals surface area contributed by atoms with Gasteiger partial charge in [-0.1, -0.05) is 23.2 Å². The SMILES string of the molecule is Oc1ccc(/C=N/n2c(-c3ccc(Cl)cc3Cl)n[nH]c2=S)c(O)c1. The minimum Gasteiger partial charge on any atom is -0.508 e. The Bertz CT molecular complexity index is 997. The van der Waals surface area contributed by atoms with Crippen LogP contribution in [0.3, 0.4) is 0 Å². The van der Waals surface area contributed by atoms with Gasteiger partial charge in [-0.15, -0.1) is 0 Å². The summed E-state index contributed by atoms with van der Waals surface area (Å²) in [5.74, 6) is 0.245. The van der Waals surface area contributed by atoms with Crippen molar-refractivity contribution in [3.8, 4) is 22.9 Å². The third-order valence-electron chi connectivity index (χ3n) is 3.15. The highest BCUT2D eigenvalue weighted by Gasteiger charge is 2.12. The van der Waals surface area contributed by atoms with Crippen molar-refractivity contribution in [1.82, 2.24) is 14.9 Å². The number of hydrogen-bond acceptors (Lipinski definition) is 5. The molecular weight excluding hydrogens is 371 g/mol. The predicted molar refractivity (Wildman–Crippen MR) is 95.6 cm³/mol. The molecule has 2 aromatic carbocycles. The van der Waals surface area contributed by atoms with E-state index in [1.165, 1.54) is 29.1 Å². The van der Waals surface area contributed by atoms with Crippen molar-refractivity contribution in [3.63, 3.8) is 0 Å². The lowest BCUT2D eigenvalue weighted by molar-refractivity contribution is 0.450. The summed E-state index contributed by atoms with van der Waals surface area (Å²) >= 11 is 17.3. The normalized spacial score (nSPS) is 11.2. The molecule has 3 aromatic rings. The zero-order valence-electron chi connectivity index (χ0n) is 11.9. The van der Waals surface area contributed by atoms with Gasteiger partial charge in [0.15, 0.2) is 5.82 Å². The van der Waals surface area contributed by atoms with Gasteiger partial charge >= 0.3 is 0 Å². The molecule has 0 unspecified atom stereocenters. The molecule has 0 saturated heterocycles. The lowest BCUT2D eigenvalue weighted by atomic mass is 10.2. The van der Waals surface area contributed by atoms with E-state index in [2.05, 4.69) is 15.3 Å². The number of benzene rings is 2. The van der Waals surface area contributed by atoms with E-state index in [4.69, 9.17) is 35.4 Å². The van der Waals surface area contributed by atoms with Crippen molar-refractivity contribution in [1.29, 1.82) is 0 Å². The Morgan fingerprint density at radius 1 is 1.17 bits per heavy atom. The van der Waals surface area contributed by atoms with Gasteiger partial charge in [-0.2, -0.15) is 14.9 Å². The van der Waals surface area contributed by atoms with Crippen molar-refractivity contribution < 1.29 is 10.2 Å². The zero-order valence-corrected chi connectivity index (χ0v) is 14.3. The highest BCUT2D eigenvalue weighted by molar-refractivity contribution is 7.71. The van der Waals surface area contributed by atoms with Crippen LogP contribution in [0.15, 0.2) is 41.5 Å². The largest absolute Gasteiger partial charge is 0.508 e. The Morgan fingerprint density at radius 3 is 2.67 bits per heavy atom. The Kier molecular flexibility index (Phi) is 4.57. The van der Waals surface area contributed by atoms with E-state index < -0.39 is 0 Å². The second kappa shape index (κ2) is 6.64. The molecule has 6 nitrogen and oxygen atoms in total. The molecule has 0 bridgehead atoms. The number of nitrogens with one attached hydrogen (secondary N) is 1. The number of hydrogen-bond donors (Lipinski definition) is 3. The number of rotatable bonds is 3. The molecule has 0 fully saturated rings. The Balaban J connectivity index is 2.05. The summed E-state index contributed by atoms with van der Waals surface area (Å²) in [6.45, 7) is 0. The summed E-state index contributed by atoms with van der Waals surface area (Å²) in [5.41, 5.74) is 1.00. The van der Waals surface area contributed by atoms with E-state index in [-0.39, 0.29) is 16.3 Å². The molecule has 0 spiro atoms. The summed E-state index contributed by atoms with van der Waals surface area (Å²) in [6.07, 6.45) is 1.40. The number of nitrogens with zero attached hydrogens (tertiary/aromatic N) is 3. The van der Waals surface area contributed by atoms with E-state index in [1.807, 2.05) is 0 Å². The van der Waals surface area contributed by atoms with E-state index >= 15 is 0 Å². The van der Waals surface area contributed by atoms with Gasteiger partial charge in [0.05, 0.1) is 11.2 Å².